The van der Waals surface area contributed by atoms with E-state index in [1.54, 1.807) is 13.0 Å². The molecule has 0 spiro atoms. The fourth-order valence-corrected chi connectivity index (χ4v) is 4.33. The number of sulfonamides is 1. The molecular weight excluding hydrogens is 322 g/mol. The van der Waals surface area contributed by atoms with Gasteiger partial charge in [-0.1, -0.05) is 0 Å². The summed E-state index contributed by atoms with van der Waals surface area (Å²) >= 11 is 0. The van der Waals surface area contributed by atoms with Crippen LogP contribution in [0.1, 0.15) is 11.1 Å². The van der Waals surface area contributed by atoms with Crippen molar-refractivity contribution in [2.24, 2.45) is 0 Å². The highest BCUT2D eigenvalue weighted by Crippen LogP contribution is 2.41. The molecule has 0 fully saturated rings. The van der Waals surface area contributed by atoms with Crippen molar-refractivity contribution in [3.05, 3.63) is 41.7 Å². The average Bonchev–Trinajstić information content (AvgIpc) is 3.14. The number of fused-ring (bicyclic) bond motifs is 1. The third-order valence-corrected chi connectivity index (χ3v) is 5.58. The maximum atomic E-state index is 12.8. The molecule has 0 aliphatic carbocycles. The lowest BCUT2D eigenvalue weighted by Crippen LogP contribution is -2.42. The number of carbonyl (C=O) groups is 1. The van der Waals surface area contributed by atoms with Crippen LogP contribution in [-0.4, -0.2) is 32.6 Å². The molecule has 2 heterocycles. The smallest absolute Gasteiger partial charge is 0.327 e. The van der Waals surface area contributed by atoms with Crippen LogP contribution in [-0.2, 0) is 21.2 Å². The van der Waals surface area contributed by atoms with E-state index >= 15 is 0 Å². The van der Waals surface area contributed by atoms with Crippen LogP contribution in [0.4, 0.5) is 5.69 Å². The summed E-state index contributed by atoms with van der Waals surface area (Å²) in [6.45, 7) is 1.79. The van der Waals surface area contributed by atoms with Crippen LogP contribution in [0, 0.1) is 6.92 Å². The molecule has 1 aliphatic rings. The average molecular weight is 337 g/mol. The lowest BCUT2D eigenvalue weighted by Gasteiger charge is -2.23. The summed E-state index contributed by atoms with van der Waals surface area (Å²) in [4.78, 5) is 11.6. The Morgan fingerprint density at radius 1 is 1.43 bits per heavy atom. The number of hydrogen-bond donors (Lipinski definition) is 1. The molecule has 122 valence electrons. The van der Waals surface area contributed by atoms with E-state index in [-0.39, 0.29) is 11.5 Å². The van der Waals surface area contributed by atoms with Crippen LogP contribution in [0.2, 0.25) is 0 Å². The van der Waals surface area contributed by atoms with E-state index in [2.05, 4.69) is 0 Å². The van der Waals surface area contributed by atoms with E-state index in [9.17, 15) is 18.3 Å². The quantitative estimate of drug-likeness (QED) is 0.914. The van der Waals surface area contributed by atoms with Gasteiger partial charge >= 0.3 is 5.97 Å². The van der Waals surface area contributed by atoms with E-state index in [0.29, 0.717) is 17.0 Å². The Hall–Kier alpha value is -2.48. The summed E-state index contributed by atoms with van der Waals surface area (Å²) in [5, 5.41) is 9.17. The number of furan rings is 1. The first-order chi connectivity index (χ1) is 10.9. The lowest BCUT2D eigenvalue weighted by molar-refractivity contribution is -0.138. The molecule has 8 heteroatoms. The number of aryl methyl sites for hydroxylation is 1. The minimum atomic E-state index is -4.11. The summed E-state index contributed by atoms with van der Waals surface area (Å²) in [5.41, 5.74) is 1.77. The van der Waals surface area contributed by atoms with Gasteiger partial charge in [-0.15, -0.1) is 0 Å². The topological polar surface area (TPSA) is 97.0 Å². The SMILES string of the molecule is COc1cc(C)c2c(c1)N(S(=O)(=O)c1ccco1)C(C(=O)O)C2. The van der Waals surface area contributed by atoms with Crippen molar-refractivity contribution >= 4 is 21.7 Å². The second-order valence-electron chi connectivity index (χ2n) is 5.23. The molecule has 1 atom stereocenters. The highest BCUT2D eigenvalue weighted by Gasteiger charge is 2.44. The van der Waals surface area contributed by atoms with Crippen molar-refractivity contribution in [2.45, 2.75) is 24.5 Å². The molecule has 0 saturated heterocycles. The largest absolute Gasteiger partial charge is 0.497 e. The van der Waals surface area contributed by atoms with Gasteiger partial charge in [0.2, 0.25) is 5.09 Å². The number of hydrogen-bond acceptors (Lipinski definition) is 5. The summed E-state index contributed by atoms with van der Waals surface area (Å²) in [6.07, 6.45) is 1.33. The molecule has 7 nitrogen and oxygen atoms in total. The van der Waals surface area contributed by atoms with Crippen LogP contribution in [0.5, 0.6) is 5.75 Å². The first-order valence-electron chi connectivity index (χ1n) is 6.84. The van der Waals surface area contributed by atoms with Gasteiger partial charge in [-0.2, -0.15) is 8.42 Å². The highest BCUT2D eigenvalue weighted by molar-refractivity contribution is 7.92. The number of anilines is 1. The predicted molar refractivity (Wildman–Crippen MR) is 81.2 cm³/mol. The molecule has 2 aromatic rings. The minimum absolute atomic E-state index is 0.0977. The monoisotopic (exact) mass is 337 g/mol. The third kappa shape index (κ3) is 2.35. The molecule has 3 rings (SSSR count). The Kier molecular flexibility index (Phi) is 3.56. The van der Waals surface area contributed by atoms with Gasteiger partial charge in [-0.25, -0.2) is 9.10 Å². The number of benzene rings is 1. The van der Waals surface area contributed by atoms with E-state index < -0.39 is 22.0 Å². The zero-order chi connectivity index (χ0) is 16.8. The van der Waals surface area contributed by atoms with Gasteiger partial charge in [-0.05, 0) is 36.2 Å². The Labute approximate surface area is 133 Å². The van der Waals surface area contributed by atoms with E-state index in [1.165, 1.54) is 31.6 Å². The Bertz CT molecular complexity index is 856. The lowest BCUT2D eigenvalue weighted by atomic mass is 10.0. The van der Waals surface area contributed by atoms with Gasteiger partial charge in [-0.3, -0.25) is 0 Å². The molecule has 1 aliphatic heterocycles. The normalized spacial score (nSPS) is 17.1. The highest BCUT2D eigenvalue weighted by atomic mass is 32.2. The van der Waals surface area contributed by atoms with Crippen molar-refractivity contribution in [3.63, 3.8) is 0 Å². The zero-order valence-corrected chi connectivity index (χ0v) is 13.3. The third-order valence-electron chi connectivity index (χ3n) is 3.87. The molecule has 1 unspecified atom stereocenters. The van der Waals surface area contributed by atoms with E-state index in [4.69, 9.17) is 9.15 Å². The van der Waals surface area contributed by atoms with E-state index in [0.717, 1.165) is 9.87 Å². The molecule has 0 bridgehead atoms. The first kappa shape index (κ1) is 15.4. The van der Waals surface area contributed by atoms with Gasteiger partial charge in [0.25, 0.3) is 10.0 Å². The molecule has 0 saturated carbocycles. The van der Waals surface area contributed by atoms with Gasteiger partial charge in [0.15, 0.2) is 0 Å². The molecular formula is C15H15NO6S. The van der Waals surface area contributed by atoms with Gasteiger partial charge in [0.05, 0.1) is 19.1 Å². The molecule has 0 amide bonds. The van der Waals surface area contributed by atoms with Crippen LogP contribution < -0.4 is 9.04 Å². The molecule has 1 aromatic heterocycles. The molecule has 23 heavy (non-hydrogen) atoms. The van der Waals surface area contributed by atoms with Gasteiger partial charge in [0, 0.05) is 12.5 Å². The maximum Gasteiger partial charge on any atom is 0.327 e. The van der Waals surface area contributed by atoms with Crippen molar-refractivity contribution < 1.29 is 27.5 Å². The number of ether oxygens (including phenoxy) is 1. The molecule has 1 aromatic carbocycles. The number of nitrogens with zero attached hydrogens (tertiary/aromatic N) is 1. The van der Waals surface area contributed by atoms with Crippen LogP contribution in [0.25, 0.3) is 0 Å². The van der Waals surface area contributed by atoms with Gasteiger partial charge < -0.3 is 14.3 Å². The van der Waals surface area contributed by atoms with Gasteiger partial charge in [0.1, 0.15) is 11.8 Å². The number of aliphatic carboxylic acids is 1. The van der Waals surface area contributed by atoms with Crippen molar-refractivity contribution in [3.8, 4) is 5.75 Å². The van der Waals surface area contributed by atoms with Crippen molar-refractivity contribution in [2.75, 3.05) is 11.4 Å². The maximum absolute atomic E-state index is 12.8. The predicted octanol–water partition coefficient (Wildman–Crippen LogP) is 1.80. The van der Waals surface area contributed by atoms with Crippen LogP contribution >= 0.6 is 0 Å². The molecule has 0 radical (unpaired) electrons. The first-order valence-corrected chi connectivity index (χ1v) is 8.28. The fourth-order valence-electron chi connectivity index (χ4n) is 2.78. The second kappa shape index (κ2) is 5.31. The van der Waals surface area contributed by atoms with E-state index in [1.807, 2.05) is 0 Å². The standard InChI is InChI=1S/C15H15NO6S/c1-9-6-10(21-2)7-12-11(9)8-13(15(17)18)16(12)23(19,20)14-4-3-5-22-14/h3-7,13H,8H2,1-2H3,(H,17,18). The number of carboxylic acids is 1. The zero-order valence-electron chi connectivity index (χ0n) is 12.5. The Balaban J connectivity index is 2.22. The molecule has 1 N–H and O–H groups in total. The fraction of sp³-hybridized carbons (Fsp3) is 0.267. The summed E-state index contributed by atoms with van der Waals surface area (Å²) in [7, 11) is -2.65. The Morgan fingerprint density at radius 3 is 2.74 bits per heavy atom. The summed E-state index contributed by atoms with van der Waals surface area (Å²) in [5.74, 6) is -0.748. The Morgan fingerprint density at radius 2 is 2.17 bits per heavy atom. The summed E-state index contributed by atoms with van der Waals surface area (Å²) in [6, 6.07) is 4.80. The minimum Gasteiger partial charge on any atom is -0.497 e. The number of rotatable bonds is 4. The van der Waals surface area contributed by atoms with Crippen LogP contribution in [0.15, 0.2) is 40.0 Å². The second-order valence-corrected chi connectivity index (χ2v) is 6.98. The number of methoxy groups -OCH3 is 1. The number of carboxylic acid groups (broad SMARTS) is 1. The van der Waals surface area contributed by atoms with Crippen LogP contribution in [0.3, 0.4) is 0 Å². The van der Waals surface area contributed by atoms with Crippen molar-refractivity contribution in [1.82, 2.24) is 0 Å². The van der Waals surface area contributed by atoms with Crippen molar-refractivity contribution in [1.29, 1.82) is 0 Å². The summed E-state index contributed by atoms with van der Waals surface area (Å²) < 4.78 is 36.7.